The summed E-state index contributed by atoms with van der Waals surface area (Å²) in [7, 11) is 0. The van der Waals surface area contributed by atoms with Crippen LogP contribution in [0.5, 0.6) is 11.5 Å². The summed E-state index contributed by atoms with van der Waals surface area (Å²) in [4.78, 5) is 27.4. The fourth-order valence-electron chi connectivity index (χ4n) is 4.42. The number of carbonyl (C=O) groups is 2. The monoisotopic (exact) mass is 587 g/mol. The van der Waals surface area contributed by atoms with Crippen molar-refractivity contribution < 1.29 is 19.1 Å². The van der Waals surface area contributed by atoms with Crippen LogP contribution in [0.1, 0.15) is 29.2 Å². The highest BCUT2D eigenvalue weighted by Crippen LogP contribution is 2.40. The van der Waals surface area contributed by atoms with Crippen molar-refractivity contribution in [3.8, 4) is 11.5 Å². The number of ether oxygens (including phenoxy) is 2. The number of imide groups is 1. The second-order valence-corrected chi connectivity index (χ2v) is 10.8. The van der Waals surface area contributed by atoms with Gasteiger partial charge in [0.25, 0.3) is 11.1 Å². The van der Waals surface area contributed by atoms with Crippen LogP contribution in [0.15, 0.2) is 88.2 Å². The maximum Gasteiger partial charge on any atom is 0.293 e. The summed E-state index contributed by atoms with van der Waals surface area (Å²) in [6.07, 6.45) is 1.73. The van der Waals surface area contributed by atoms with Gasteiger partial charge in [-0.2, -0.15) is 0 Å². The van der Waals surface area contributed by atoms with Crippen LogP contribution < -0.4 is 9.47 Å². The number of aryl methyl sites for hydroxylation is 1. The first kappa shape index (κ1) is 26.1. The van der Waals surface area contributed by atoms with Crippen LogP contribution in [0.3, 0.4) is 0 Å². The van der Waals surface area contributed by atoms with Crippen molar-refractivity contribution in [3.05, 3.63) is 110 Å². The summed E-state index contributed by atoms with van der Waals surface area (Å²) in [6, 6.07) is 25.9. The third kappa shape index (κ3) is 5.64. The van der Waals surface area contributed by atoms with Gasteiger partial charge in [0.2, 0.25) is 0 Å². The molecule has 0 N–H and O–H groups in total. The summed E-state index contributed by atoms with van der Waals surface area (Å²) in [5.41, 5.74) is 3.81. The van der Waals surface area contributed by atoms with Crippen LogP contribution in [-0.4, -0.2) is 22.7 Å². The second kappa shape index (κ2) is 11.5. The first-order valence-corrected chi connectivity index (χ1v) is 13.9. The number of carbonyl (C=O) groups excluding carboxylic acids is 2. The molecule has 0 saturated carbocycles. The highest BCUT2D eigenvalue weighted by molar-refractivity contribution is 9.10. The molecule has 0 bridgehead atoms. The van der Waals surface area contributed by atoms with E-state index in [9.17, 15) is 9.59 Å². The molecule has 0 aromatic heterocycles. The first-order valence-electron chi connectivity index (χ1n) is 12.3. The topological polar surface area (TPSA) is 55.8 Å². The zero-order valence-corrected chi connectivity index (χ0v) is 23.5. The molecule has 7 heteroatoms. The van der Waals surface area contributed by atoms with Gasteiger partial charge in [-0.3, -0.25) is 14.5 Å². The fourth-order valence-corrected chi connectivity index (χ4v) is 5.84. The molecular weight excluding hydrogens is 562 g/mol. The van der Waals surface area contributed by atoms with E-state index in [1.807, 2.05) is 68.4 Å². The molecule has 1 aliphatic heterocycles. The van der Waals surface area contributed by atoms with E-state index < -0.39 is 0 Å². The van der Waals surface area contributed by atoms with Crippen molar-refractivity contribution in [3.63, 3.8) is 0 Å². The predicted molar refractivity (Wildman–Crippen MR) is 156 cm³/mol. The van der Waals surface area contributed by atoms with E-state index in [1.165, 1.54) is 4.90 Å². The Bertz CT molecular complexity index is 1560. The van der Waals surface area contributed by atoms with Crippen molar-refractivity contribution in [2.75, 3.05) is 6.61 Å². The van der Waals surface area contributed by atoms with Crippen LogP contribution in [0.4, 0.5) is 4.79 Å². The molecular formula is C31H26BrNO4S. The molecule has 192 valence electrons. The van der Waals surface area contributed by atoms with Crippen LogP contribution in [0.2, 0.25) is 0 Å². The quantitative estimate of drug-likeness (QED) is 0.195. The number of rotatable bonds is 8. The summed E-state index contributed by atoms with van der Waals surface area (Å²) in [6.45, 7) is 4.97. The van der Waals surface area contributed by atoms with E-state index in [4.69, 9.17) is 9.47 Å². The lowest BCUT2D eigenvalue weighted by atomic mass is 10.1. The lowest BCUT2D eigenvalue weighted by Crippen LogP contribution is -2.27. The Kier molecular flexibility index (Phi) is 7.86. The van der Waals surface area contributed by atoms with Crippen LogP contribution in [0.25, 0.3) is 16.8 Å². The van der Waals surface area contributed by atoms with Crippen molar-refractivity contribution in [1.29, 1.82) is 0 Å². The Morgan fingerprint density at radius 3 is 2.55 bits per heavy atom. The van der Waals surface area contributed by atoms with Crippen LogP contribution >= 0.6 is 27.7 Å². The van der Waals surface area contributed by atoms with Gasteiger partial charge in [-0.1, -0.05) is 72.3 Å². The fraction of sp³-hybridized carbons (Fsp3) is 0.161. The number of fused-ring (bicyclic) bond motifs is 1. The van der Waals surface area contributed by atoms with E-state index in [2.05, 4.69) is 40.2 Å². The minimum atomic E-state index is -0.299. The van der Waals surface area contributed by atoms with Crippen molar-refractivity contribution >= 4 is 55.7 Å². The van der Waals surface area contributed by atoms with E-state index in [-0.39, 0.29) is 17.7 Å². The number of benzene rings is 4. The minimum Gasteiger partial charge on any atom is -0.490 e. The minimum absolute atomic E-state index is 0.249. The molecule has 0 aliphatic carbocycles. The van der Waals surface area contributed by atoms with E-state index >= 15 is 0 Å². The van der Waals surface area contributed by atoms with E-state index in [0.29, 0.717) is 34.1 Å². The van der Waals surface area contributed by atoms with Crippen LogP contribution in [0, 0.1) is 6.92 Å². The smallest absolute Gasteiger partial charge is 0.293 e. The lowest BCUT2D eigenvalue weighted by Gasteiger charge is -2.16. The highest BCUT2D eigenvalue weighted by Gasteiger charge is 2.35. The predicted octanol–water partition coefficient (Wildman–Crippen LogP) is 8.12. The Labute approximate surface area is 234 Å². The molecule has 5 nitrogen and oxygen atoms in total. The Morgan fingerprint density at radius 2 is 1.74 bits per heavy atom. The van der Waals surface area contributed by atoms with Gasteiger partial charge in [-0.15, -0.1) is 0 Å². The van der Waals surface area contributed by atoms with Gasteiger partial charge in [-0.25, -0.2) is 0 Å². The number of halogens is 1. The van der Waals surface area contributed by atoms with Crippen LogP contribution in [-0.2, 0) is 17.9 Å². The average molecular weight is 589 g/mol. The normalized spacial score (nSPS) is 14.5. The molecule has 0 radical (unpaired) electrons. The summed E-state index contributed by atoms with van der Waals surface area (Å²) >= 11 is 4.58. The summed E-state index contributed by atoms with van der Waals surface area (Å²) in [5.74, 6) is 0.851. The molecule has 1 saturated heterocycles. The lowest BCUT2D eigenvalue weighted by molar-refractivity contribution is -0.123. The van der Waals surface area contributed by atoms with E-state index in [1.54, 1.807) is 6.08 Å². The number of hydrogen-bond donors (Lipinski definition) is 0. The van der Waals surface area contributed by atoms with Gasteiger partial charge in [0.1, 0.15) is 6.61 Å². The molecule has 0 spiro atoms. The molecule has 4 aromatic rings. The van der Waals surface area contributed by atoms with Gasteiger partial charge >= 0.3 is 0 Å². The molecule has 4 aromatic carbocycles. The zero-order valence-electron chi connectivity index (χ0n) is 21.1. The maximum absolute atomic E-state index is 13.1. The third-order valence-electron chi connectivity index (χ3n) is 6.18. The van der Waals surface area contributed by atoms with E-state index in [0.717, 1.165) is 44.8 Å². The second-order valence-electron chi connectivity index (χ2n) is 8.95. The average Bonchev–Trinajstić information content (AvgIpc) is 3.15. The Hall–Kier alpha value is -3.55. The van der Waals surface area contributed by atoms with Gasteiger partial charge < -0.3 is 9.47 Å². The molecule has 2 amide bonds. The molecule has 1 heterocycles. The maximum atomic E-state index is 13.1. The summed E-state index contributed by atoms with van der Waals surface area (Å²) in [5, 5.41) is 2.02. The van der Waals surface area contributed by atoms with Crippen molar-refractivity contribution in [1.82, 2.24) is 4.90 Å². The highest BCUT2D eigenvalue weighted by atomic mass is 79.9. The number of amides is 2. The largest absolute Gasteiger partial charge is 0.490 e. The molecule has 1 aliphatic rings. The summed E-state index contributed by atoms with van der Waals surface area (Å²) < 4.78 is 12.9. The van der Waals surface area contributed by atoms with Gasteiger partial charge in [0, 0.05) is 0 Å². The van der Waals surface area contributed by atoms with Crippen molar-refractivity contribution in [2.45, 2.75) is 27.0 Å². The molecule has 0 atom stereocenters. The zero-order chi connectivity index (χ0) is 26.6. The van der Waals surface area contributed by atoms with Gasteiger partial charge in [-0.05, 0) is 87.2 Å². The standard InChI is InChI=1S/C31H26BrNO4S/c1-3-36-27-16-22(17-28-30(34)33(31(35)38-28)18-21-9-6-8-20(2)14-21)15-26(32)29(27)37-19-24-12-7-11-23-10-4-5-13-25(23)24/h4-17H,3,18-19H2,1-2H3/b28-17-. The Morgan fingerprint density at radius 1 is 0.947 bits per heavy atom. The van der Waals surface area contributed by atoms with Gasteiger partial charge in [0.15, 0.2) is 11.5 Å². The Balaban J connectivity index is 1.38. The van der Waals surface area contributed by atoms with Gasteiger partial charge in [0.05, 0.1) is 22.5 Å². The van der Waals surface area contributed by atoms with Crippen molar-refractivity contribution in [2.24, 2.45) is 0 Å². The molecule has 0 unspecified atom stereocenters. The number of thioether (sulfide) groups is 1. The molecule has 5 rings (SSSR count). The number of nitrogens with zero attached hydrogens (tertiary/aromatic N) is 1. The third-order valence-corrected chi connectivity index (χ3v) is 7.67. The molecule has 1 fully saturated rings. The molecule has 38 heavy (non-hydrogen) atoms. The number of hydrogen-bond acceptors (Lipinski definition) is 5. The first-order chi connectivity index (χ1) is 18.4. The SMILES string of the molecule is CCOc1cc(/C=C2\SC(=O)N(Cc3cccc(C)c3)C2=O)cc(Br)c1OCc1cccc2ccccc12.